The van der Waals surface area contributed by atoms with Crippen LogP contribution in [0.1, 0.15) is 11.3 Å². The number of carbonyl (C=O) groups excluding carboxylic acids is 1. The number of carboxylic acid groups (broad SMARTS) is 1. The summed E-state index contributed by atoms with van der Waals surface area (Å²) in [5.74, 6) is 0.150. The average molecular weight is 435 g/mol. The molecule has 1 aromatic heterocycles. The van der Waals surface area contributed by atoms with Crippen LogP contribution in [-0.4, -0.2) is 34.4 Å². The van der Waals surface area contributed by atoms with Crippen LogP contribution in [0.4, 0.5) is 5.69 Å². The molecule has 0 unspecified atom stereocenters. The molecule has 2 aromatic carbocycles. The molecule has 4 rings (SSSR count). The molecule has 0 saturated carbocycles. The maximum atomic E-state index is 12.3. The van der Waals surface area contributed by atoms with Gasteiger partial charge in [0.2, 0.25) is 0 Å². The molecule has 0 aliphatic carbocycles. The van der Waals surface area contributed by atoms with Crippen LogP contribution < -0.4 is 10.1 Å². The predicted octanol–water partition coefficient (Wildman–Crippen LogP) is 3.87. The molecule has 9 heteroatoms. The largest absolute Gasteiger partial charge is 0.497 e. The first kappa shape index (κ1) is 20.4. The zero-order valence-corrected chi connectivity index (χ0v) is 17.2. The minimum atomic E-state index is -0.893. The molecule has 1 aliphatic rings. The molecule has 2 heterocycles. The normalized spacial score (nSPS) is 16.0. The van der Waals surface area contributed by atoms with Crippen molar-refractivity contribution in [1.29, 1.82) is 0 Å². The van der Waals surface area contributed by atoms with Crippen molar-refractivity contribution in [2.75, 3.05) is 7.11 Å². The highest BCUT2D eigenvalue weighted by molar-refractivity contribution is 8.18. The summed E-state index contributed by atoms with van der Waals surface area (Å²) in [6, 6.07) is 15.9. The number of methoxy groups -OCH3 is 1. The standard InChI is InChI=1S/C22H17N3O5S/c1-29-17-8-4-14(5-9-17)18-11-16(25-30-18)12-19-21(28)24-22(31-19)23-15-6-2-13(3-7-15)10-20(26)27/h2-9,11-12H,10H2,1H3,(H,26,27)(H,23,24,28). The summed E-state index contributed by atoms with van der Waals surface area (Å²) in [6.45, 7) is 0. The number of nitrogens with zero attached hydrogens (tertiary/aromatic N) is 2. The SMILES string of the molecule is COc1ccc(-c2cc(C=C3SC(=Nc4ccc(CC(=O)O)cc4)NC3=O)no2)cc1. The Labute approximate surface area is 181 Å². The Balaban J connectivity index is 1.47. The van der Waals surface area contributed by atoms with Crippen molar-refractivity contribution in [1.82, 2.24) is 10.5 Å². The van der Waals surface area contributed by atoms with E-state index in [9.17, 15) is 9.59 Å². The number of aliphatic carboxylic acids is 1. The Morgan fingerprint density at radius 1 is 1.23 bits per heavy atom. The smallest absolute Gasteiger partial charge is 0.307 e. The summed E-state index contributed by atoms with van der Waals surface area (Å²) in [5, 5.41) is 16.0. The molecule has 1 amide bonds. The first-order chi connectivity index (χ1) is 15.0. The maximum Gasteiger partial charge on any atom is 0.307 e. The van der Waals surface area contributed by atoms with Gasteiger partial charge < -0.3 is 19.7 Å². The van der Waals surface area contributed by atoms with Crippen LogP contribution in [0.25, 0.3) is 17.4 Å². The van der Waals surface area contributed by atoms with Crippen molar-refractivity contribution < 1.29 is 24.0 Å². The van der Waals surface area contributed by atoms with Crippen LogP contribution in [0.3, 0.4) is 0 Å². The topological polar surface area (TPSA) is 114 Å². The van der Waals surface area contributed by atoms with Gasteiger partial charge >= 0.3 is 5.97 Å². The first-order valence-corrected chi connectivity index (χ1v) is 10.0. The number of aromatic nitrogens is 1. The van der Waals surface area contributed by atoms with Crippen LogP contribution in [0, 0.1) is 0 Å². The number of carboxylic acids is 1. The molecular formula is C22H17N3O5S. The second-order valence-electron chi connectivity index (χ2n) is 6.56. The van der Waals surface area contributed by atoms with Crippen molar-refractivity contribution >= 4 is 40.6 Å². The van der Waals surface area contributed by atoms with Gasteiger partial charge in [-0.2, -0.15) is 0 Å². The van der Waals surface area contributed by atoms with Gasteiger partial charge in [-0.25, -0.2) is 4.99 Å². The van der Waals surface area contributed by atoms with Gasteiger partial charge in [-0.3, -0.25) is 9.59 Å². The van der Waals surface area contributed by atoms with Crippen LogP contribution in [-0.2, 0) is 16.0 Å². The lowest BCUT2D eigenvalue weighted by atomic mass is 10.1. The number of amidine groups is 1. The van der Waals surface area contributed by atoms with E-state index in [4.69, 9.17) is 14.4 Å². The fraction of sp³-hybridized carbons (Fsp3) is 0.0909. The van der Waals surface area contributed by atoms with E-state index in [0.29, 0.717) is 32.8 Å². The van der Waals surface area contributed by atoms with Crippen LogP contribution in [0.5, 0.6) is 5.75 Å². The highest BCUT2D eigenvalue weighted by Crippen LogP contribution is 2.29. The van der Waals surface area contributed by atoms with E-state index in [0.717, 1.165) is 11.3 Å². The fourth-order valence-electron chi connectivity index (χ4n) is 2.84. The second kappa shape index (κ2) is 8.88. The van der Waals surface area contributed by atoms with Crippen molar-refractivity contribution in [3.8, 4) is 17.1 Å². The van der Waals surface area contributed by atoms with Gasteiger partial charge in [-0.1, -0.05) is 17.3 Å². The quantitative estimate of drug-likeness (QED) is 0.565. The molecule has 1 saturated heterocycles. The third kappa shape index (κ3) is 5.01. The number of hydrogen-bond donors (Lipinski definition) is 2. The predicted molar refractivity (Wildman–Crippen MR) is 117 cm³/mol. The van der Waals surface area contributed by atoms with Crippen molar-refractivity contribution in [2.45, 2.75) is 6.42 Å². The number of rotatable bonds is 6. The Kier molecular flexibility index (Phi) is 5.85. The maximum absolute atomic E-state index is 12.3. The summed E-state index contributed by atoms with van der Waals surface area (Å²) in [6.07, 6.45) is 1.58. The highest BCUT2D eigenvalue weighted by Gasteiger charge is 2.24. The zero-order valence-electron chi connectivity index (χ0n) is 16.4. The molecule has 1 aliphatic heterocycles. The van der Waals surface area contributed by atoms with Gasteiger partial charge in [0.05, 0.1) is 24.1 Å². The van der Waals surface area contributed by atoms with Gasteiger partial charge in [0.15, 0.2) is 10.9 Å². The highest BCUT2D eigenvalue weighted by atomic mass is 32.2. The number of thioether (sulfide) groups is 1. The molecule has 0 spiro atoms. The summed E-state index contributed by atoms with van der Waals surface area (Å²) in [7, 11) is 1.60. The van der Waals surface area contributed by atoms with E-state index in [1.165, 1.54) is 11.8 Å². The molecule has 1 fully saturated rings. The van der Waals surface area contributed by atoms with Crippen molar-refractivity contribution in [2.24, 2.45) is 4.99 Å². The van der Waals surface area contributed by atoms with Gasteiger partial charge in [0, 0.05) is 11.6 Å². The zero-order chi connectivity index (χ0) is 21.8. The minimum absolute atomic E-state index is 0.0502. The lowest BCUT2D eigenvalue weighted by Gasteiger charge is -1.99. The van der Waals surface area contributed by atoms with Crippen molar-refractivity contribution in [3.63, 3.8) is 0 Å². The average Bonchev–Trinajstić information content (AvgIpc) is 3.36. The number of benzene rings is 2. The Hall–Kier alpha value is -3.85. The summed E-state index contributed by atoms with van der Waals surface area (Å²) < 4.78 is 10.5. The molecule has 31 heavy (non-hydrogen) atoms. The van der Waals surface area contributed by atoms with E-state index in [-0.39, 0.29) is 12.3 Å². The fourth-order valence-corrected chi connectivity index (χ4v) is 3.67. The van der Waals surface area contributed by atoms with Crippen molar-refractivity contribution in [3.05, 3.63) is 70.8 Å². The molecule has 0 bridgehead atoms. The Morgan fingerprint density at radius 3 is 2.65 bits per heavy atom. The summed E-state index contributed by atoms with van der Waals surface area (Å²) >= 11 is 1.19. The summed E-state index contributed by atoms with van der Waals surface area (Å²) in [5.41, 5.74) is 2.65. The number of hydrogen-bond acceptors (Lipinski definition) is 7. The number of amides is 1. The number of carbonyl (C=O) groups is 2. The van der Waals surface area contributed by atoms with E-state index in [2.05, 4.69) is 15.5 Å². The van der Waals surface area contributed by atoms with Crippen LogP contribution >= 0.6 is 11.8 Å². The monoisotopic (exact) mass is 435 g/mol. The molecule has 156 valence electrons. The minimum Gasteiger partial charge on any atom is -0.497 e. The van der Waals surface area contributed by atoms with Gasteiger partial charge in [0.1, 0.15) is 11.4 Å². The molecule has 0 radical (unpaired) electrons. The number of nitrogens with one attached hydrogen (secondary N) is 1. The van der Waals surface area contributed by atoms with E-state index >= 15 is 0 Å². The van der Waals surface area contributed by atoms with Gasteiger partial charge in [0.25, 0.3) is 5.91 Å². The van der Waals surface area contributed by atoms with E-state index < -0.39 is 5.97 Å². The lowest BCUT2D eigenvalue weighted by Crippen LogP contribution is -2.19. The Bertz CT molecular complexity index is 1180. The number of ether oxygens (including phenoxy) is 1. The molecule has 8 nitrogen and oxygen atoms in total. The second-order valence-corrected chi connectivity index (χ2v) is 7.59. The molecular weight excluding hydrogens is 418 g/mol. The van der Waals surface area contributed by atoms with E-state index in [1.807, 2.05) is 24.3 Å². The van der Waals surface area contributed by atoms with Crippen LogP contribution in [0.15, 0.2) is 69.0 Å². The van der Waals surface area contributed by atoms with Gasteiger partial charge in [-0.15, -0.1) is 0 Å². The first-order valence-electron chi connectivity index (χ1n) is 9.21. The number of aliphatic imine (C=N–C) groups is 1. The van der Waals surface area contributed by atoms with Gasteiger partial charge in [-0.05, 0) is 59.8 Å². The van der Waals surface area contributed by atoms with Crippen LogP contribution in [0.2, 0.25) is 0 Å². The summed E-state index contributed by atoms with van der Waals surface area (Å²) in [4.78, 5) is 27.9. The molecule has 2 N–H and O–H groups in total. The third-order valence-corrected chi connectivity index (χ3v) is 5.26. The van der Waals surface area contributed by atoms with E-state index in [1.54, 1.807) is 43.5 Å². The third-order valence-electron chi connectivity index (χ3n) is 4.36. The molecule has 0 atom stereocenters. The Morgan fingerprint density at radius 2 is 1.97 bits per heavy atom. The lowest BCUT2D eigenvalue weighted by molar-refractivity contribution is -0.136. The molecule has 3 aromatic rings.